The minimum absolute atomic E-state index is 0.0275. The van der Waals surface area contributed by atoms with Crippen LogP contribution in [0.25, 0.3) is 10.9 Å². The van der Waals surface area contributed by atoms with Crippen molar-refractivity contribution in [3.05, 3.63) is 47.2 Å². The van der Waals surface area contributed by atoms with E-state index in [-0.39, 0.29) is 30.8 Å². The topological polar surface area (TPSA) is 82.6 Å². The summed E-state index contributed by atoms with van der Waals surface area (Å²) in [5, 5.41) is 11.5. The van der Waals surface area contributed by atoms with Crippen LogP contribution in [-0.4, -0.2) is 60.1 Å². The molecule has 28 heavy (non-hydrogen) atoms. The van der Waals surface area contributed by atoms with Gasteiger partial charge in [-0.2, -0.15) is 0 Å². The Morgan fingerprint density at radius 1 is 1.39 bits per heavy atom. The van der Waals surface area contributed by atoms with Gasteiger partial charge in [0.2, 0.25) is 0 Å². The molecule has 0 spiro atoms. The highest BCUT2D eigenvalue weighted by Crippen LogP contribution is 2.49. The fourth-order valence-corrected chi connectivity index (χ4v) is 5.29. The highest BCUT2D eigenvalue weighted by Gasteiger charge is 2.58. The molecule has 3 atom stereocenters. The summed E-state index contributed by atoms with van der Waals surface area (Å²) in [5.41, 5.74) is 2.28. The molecule has 2 aromatic rings. The molecule has 1 aliphatic carbocycles. The minimum Gasteiger partial charge on any atom is -0.468 e. The second kappa shape index (κ2) is 6.87. The summed E-state index contributed by atoms with van der Waals surface area (Å²) >= 11 is 0. The van der Waals surface area contributed by atoms with E-state index in [2.05, 4.69) is 9.88 Å². The van der Waals surface area contributed by atoms with Crippen LogP contribution in [0, 0.1) is 11.3 Å². The Bertz CT molecular complexity index is 976. The van der Waals surface area contributed by atoms with E-state index in [0.29, 0.717) is 18.7 Å². The van der Waals surface area contributed by atoms with Gasteiger partial charge in [0.1, 0.15) is 5.41 Å². The van der Waals surface area contributed by atoms with Crippen molar-refractivity contribution in [3.8, 4) is 0 Å². The first-order valence-electron chi connectivity index (χ1n) is 9.65. The SMILES string of the molecule is C/C=C1\CN(C)[C@H]2Cc3c([nH]c4ccccc34)C(=O)C[C@H]1C2(CO)C(=O)OC. The number of carbonyl (C=O) groups is 2. The van der Waals surface area contributed by atoms with Crippen molar-refractivity contribution in [1.29, 1.82) is 0 Å². The number of hydrogen-bond donors (Lipinski definition) is 2. The number of ether oxygens (including phenoxy) is 1. The molecule has 1 unspecified atom stereocenters. The maximum absolute atomic E-state index is 13.3. The summed E-state index contributed by atoms with van der Waals surface area (Å²) < 4.78 is 5.18. The van der Waals surface area contributed by atoms with Gasteiger partial charge in [-0.15, -0.1) is 0 Å². The number of nitrogens with one attached hydrogen (secondary N) is 1. The van der Waals surface area contributed by atoms with Gasteiger partial charge in [0.15, 0.2) is 5.78 Å². The molecule has 2 aliphatic rings. The van der Waals surface area contributed by atoms with Gasteiger partial charge in [0, 0.05) is 35.8 Å². The van der Waals surface area contributed by atoms with E-state index in [1.807, 2.05) is 44.3 Å². The Hall–Kier alpha value is -2.44. The van der Waals surface area contributed by atoms with Crippen LogP contribution in [0.5, 0.6) is 0 Å². The van der Waals surface area contributed by atoms with Gasteiger partial charge in [-0.25, -0.2) is 0 Å². The molecule has 2 bridgehead atoms. The number of allylic oxidation sites excluding steroid dienone is 1. The number of Topliss-reactive ketones (excluding diaryl/α,β-unsaturated/α-hetero) is 1. The number of aromatic nitrogens is 1. The molecule has 4 rings (SSSR count). The zero-order valence-electron chi connectivity index (χ0n) is 16.5. The number of carbonyl (C=O) groups excluding carboxylic acids is 2. The second-order valence-corrected chi connectivity index (χ2v) is 7.89. The molecule has 1 aromatic carbocycles. The number of likely N-dealkylation sites (N-methyl/N-ethyl adjacent to an activating group) is 1. The van der Waals surface area contributed by atoms with Crippen molar-refractivity contribution in [2.24, 2.45) is 11.3 Å². The van der Waals surface area contributed by atoms with E-state index in [0.717, 1.165) is 22.0 Å². The number of aromatic amines is 1. The third-order valence-corrected chi connectivity index (χ3v) is 6.71. The number of H-pyrrole nitrogens is 1. The van der Waals surface area contributed by atoms with Crippen LogP contribution in [0.3, 0.4) is 0 Å². The molecule has 2 N–H and O–H groups in total. The number of para-hydroxylation sites is 1. The number of methoxy groups -OCH3 is 1. The number of aliphatic hydroxyl groups is 1. The molecular formula is C22H26N2O4. The lowest BCUT2D eigenvalue weighted by Gasteiger charge is -2.52. The first-order chi connectivity index (χ1) is 13.5. The third-order valence-electron chi connectivity index (χ3n) is 6.71. The monoisotopic (exact) mass is 382 g/mol. The van der Waals surface area contributed by atoms with Gasteiger partial charge in [-0.3, -0.25) is 14.5 Å². The molecule has 6 nitrogen and oxygen atoms in total. The van der Waals surface area contributed by atoms with Crippen LogP contribution in [0.2, 0.25) is 0 Å². The average Bonchev–Trinajstić information content (AvgIpc) is 3.07. The lowest BCUT2D eigenvalue weighted by Crippen LogP contribution is -2.63. The molecule has 6 heteroatoms. The van der Waals surface area contributed by atoms with Crippen LogP contribution in [0.1, 0.15) is 29.4 Å². The Kier molecular flexibility index (Phi) is 4.63. The van der Waals surface area contributed by atoms with Crippen molar-refractivity contribution in [2.75, 3.05) is 27.3 Å². The maximum atomic E-state index is 13.3. The lowest BCUT2D eigenvalue weighted by atomic mass is 9.60. The zero-order chi connectivity index (χ0) is 20.1. The Balaban J connectivity index is 1.99. The van der Waals surface area contributed by atoms with Crippen molar-refractivity contribution < 1.29 is 19.4 Å². The smallest absolute Gasteiger partial charge is 0.316 e. The minimum atomic E-state index is -1.17. The van der Waals surface area contributed by atoms with Gasteiger partial charge in [0.05, 0.1) is 19.4 Å². The Labute approximate surface area is 164 Å². The number of benzene rings is 1. The lowest BCUT2D eigenvalue weighted by molar-refractivity contribution is -0.168. The van der Waals surface area contributed by atoms with Crippen molar-refractivity contribution in [3.63, 3.8) is 0 Å². The number of fused-ring (bicyclic) bond motifs is 5. The van der Waals surface area contributed by atoms with Crippen LogP contribution in [-0.2, 0) is 16.0 Å². The molecule has 1 fully saturated rings. The van der Waals surface area contributed by atoms with E-state index < -0.39 is 11.4 Å². The van der Waals surface area contributed by atoms with Gasteiger partial charge >= 0.3 is 5.97 Å². The van der Waals surface area contributed by atoms with Gasteiger partial charge in [-0.05, 0) is 32.0 Å². The van der Waals surface area contributed by atoms with E-state index in [9.17, 15) is 14.7 Å². The number of aliphatic hydroxyl groups excluding tert-OH is 1. The number of piperidine rings is 1. The first kappa shape index (κ1) is 18.9. The predicted octanol–water partition coefficient (Wildman–Crippen LogP) is 2.33. The average molecular weight is 382 g/mol. The number of nitrogens with zero attached hydrogens (tertiary/aromatic N) is 1. The maximum Gasteiger partial charge on any atom is 0.316 e. The molecule has 148 valence electrons. The van der Waals surface area contributed by atoms with E-state index in [1.54, 1.807) is 0 Å². The van der Waals surface area contributed by atoms with Gasteiger partial charge in [-0.1, -0.05) is 29.8 Å². The number of esters is 1. The summed E-state index contributed by atoms with van der Waals surface area (Å²) in [4.78, 5) is 31.8. The number of rotatable bonds is 2. The molecule has 1 aromatic heterocycles. The predicted molar refractivity (Wildman–Crippen MR) is 106 cm³/mol. The van der Waals surface area contributed by atoms with Crippen molar-refractivity contribution in [1.82, 2.24) is 9.88 Å². The summed E-state index contributed by atoms with van der Waals surface area (Å²) in [5.74, 6) is -0.865. The van der Waals surface area contributed by atoms with Gasteiger partial charge in [0.25, 0.3) is 0 Å². The van der Waals surface area contributed by atoms with Crippen LogP contribution in [0.4, 0.5) is 0 Å². The van der Waals surface area contributed by atoms with Crippen molar-refractivity contribution in [2.45, 2.75) is 25.8 Å². The molecule has 0 saturated carbocycles. The second-order valence-electron chi connectivity index (χ2n) is 7.89. The standard InChI is InChI=1S/C22H26N2O4/c1-4-13-11-24(2)19-9-15-14-7-5-6-8-17(14)23-20(15)18(26)10-16(13)22(19,12-25)21(27)28-3/h4-8,16,19,23,25H,9-12H2,1-3H3/b13-4+/t16-,19+,22?/m1/s1. The normalized spacial score (nSPS) is 29.4. The fraction of sp³-hybridized carbons (Fsp3) is 0.455. The quantitative estimate of drug-likeness (QED) is 0.615. The van der Waals surface area contributed by atoms with Crippen LogP contribution in [0.15, 0.2) is 35.9 Å². The summed E-state index contributed by atoms with van der Waals surface area (Å²) in [6.45, 7) is 2.22. The Morgan fingerprint density at radius 3 is 2.82 bits per heavy atom. The molecule has 2 heterocycles. The summed E-state index contributed by atoms with van der Waals surface area (Å²) in [6, 6.07) is 7.57. The zero-order valence-corrected chi connectivity index (χ0v) is 16.5. The highest BCUT2D eigenvalue weighted by molar-refractivity contribution is 6.03. The molecular weight excluding hydrogens is 356 g/mol. The molecule has 1 saturated heterocycles. The van der Waals surface area contributed by atoms with Crippen molar-refractivity contribution >= 4 is 22.7 Å². The highest BCUT2D eigenvalue weighted by atomic mass is 16.5. The van der Waals surface area contributed by atoms with Gasteiger partial charge < -0.3 is 14.8 Å². The third kappa shape index (κ3) is 2.48. The Morgan fingerprint density at radius 2 is 2.14 bits per heavy atom. The van der Waals surface area contributed by atoms with E-state index >= 15 is 0 Å². The summed E-state index contributed by atoms with van der Waals surface area (Å²) in [6.07, 6.45) is 2.62. The van der Waals surface area contributed by atoms with Crippen LogP contribution < -0.4 is 0 Å². The number of ketones is 1. The van der Waals surface area contributed by atoms with Crippen LogP contribution >= 0.6 is 0 Å². The first-order valence-corrected chi connectivity index (χ1v) is 9.65. The number of likely N-dealkylation sites (tertiary alicyclic amines) is 1. The fourth-order valence-electron chi connectivity index (χ4n) is 5.29. The van der Waals surface area contributed by atoms with E-state index in [4.69, 9.17) is 4.74 Å². The van der Waals surface area contributed by atoms with E-state index in [1.165, 1.54) is 7.11 Å². The molecule has 1 aliphatic heterocycles. The largest absolute Gasteiger partial charge is 0.468 e. The number of hydrogen-bond acceptors (Lipinski definition) is 5. The summed E-state index contributed by atoms with van der Waals surface area (Å²) in [7, 11) is 3.32. The molecule has 0 radical (unpaired) electrons. The molecule has 0 amide bonds.